The molecule has 14 heavy (non-hydrogen) atoms. The average molecular weight is 225 g/mol. The molecule has 0 spiro atoms. The highest BCUT2D eigenvalue weighted by molar-refractivity contribution is 5.93. The fourth-order valence-electron chi connectivity index (χ4n) is 0.852. The van der Waals surface area contributed by atoms with E-state index in [2.05, 4.69) is 5.32 Å². The van der Waals surface area contributed by atoms with Crippen LogP contribution in [0.5, 0.6) is 0 Å². The third kappa shape index (κ3) is 11.2. The van der Waals surface area contributed by atoms with Crippen LogP contribution in [0.2, 0.25) is 0 Å². The minimum Gasteiger partial charge on any atom is -0.481 e. The second kappa shape index (κ2) is 8.77. The molecule has 0 aliphatic carbocycles. The first-order chi connectivity index (χ1) is 6.02. The monoisotopic (exact) mass is 224 g/mol. The predicted octanol–water partition coefficient (Wildman–Crippen LogP) is 0.127. The van der Waals surface area contributed by atoms with E-state index in [1.807, 2.05) is 6.92 Å². The number of carbonyl (C=O) groups is 2. The molecule has 0 saturated heterocycles. The van der Waals surface area contributed by atoms with E-state index in [0.717, 1.165) is 12.8 Å². The van der Waals surface area contributed by atoms with Crippen molar-refractivity contribution in [3.63, 3.8) is 0 Å². The first kappa shape index (κ1) is 15.7. The van der Waals surface area contributed by atoms with Gasteiger partial charge in [-0.1, -0.05) is 0 Å². The number of nitrogens with two attached hydrogens (primary N) is 1. The second-order valence-corrected chi connectivity index (χ2v) is 3.04. The lowest BCUT2D eigenvalue weighted by molar-refractivity contribution is -0.140. The summed E-state index contributed by atoms with van der Waals surface area (Å²) >= 11 is 0. The molecule has 0 aliphatic heterocycles. The molecule has 4 N–H and O–H groups in total. The summed E-state index contributed by atoms with van der Waals surface area (Å²) in [5.74, 6) is -1.55. The molecule has 1 atom stereocenters. The summed E-state index contributed by atoms with van der Waals surface area (Å²) in [5, 5.41) is 10.7. The number of hydrogen-bond acceptors (Lipinski definition) is 3. The van der Waals surface area contributed by atoms with Crippen molar-refractivity contribution in [2.75, 3.05) is 6.54 Å². The van der Waals surface area contributed by atoms with Crippen LogP contribution in [0.25, 0.3) is 0 Å². The van der Waals surface area contributed by atoms with Gasteiger partial charge in [0.25, 0.3) is 0 Å². The Morgan fingerprint density at radius 3 is 2.50 bits per heavy atom. The zero-order chi connectivity index (χ0) is 10.3. The van der Waals surface area contributed by atoms with Crippen molar-refractivity contribution in [2.45, 2.75) is 32.2 Å². The molecule has 0 rings (SSSR count). The number of amides is 1. The van der Waals surface area contributed by atoms with Crippen molar-refractivity contribution in [1.29, 1.82) is 0 Å². The third-order valence-corrected chi connectivity index (χ3v) is 1.47. The van der Waals surface area contributed by atoms with Crippen molar-refractivity contribution >= 4 is 24.3 Å². The molecule has 0 saturated carbocycles. The van der Waals surface area contributed by atoms with Crippen LogP contribution in [-0.2, 0) is 9.59 Å². The smallest absolute Gasteiger partial charge is 0.312 e. The van der Waals surface area contributed by atoms with Gasteiger partial charge in [-0.15, -0.1) is 12.4 Å². The van der Waals surface area contributed by atoms with Crippen LogP contribution in [-0.4, -0.2) is 29.6 Å². The maximum Gasteiger partial charge on any atom is 0.312 e. The maximum absolute atomic E-state index is 10.8. The summed E-state index contributed by atoms with van der Waals surface area (Å²) in [6, 6.07) is 0.122. The molecule has 5 nitrogen and oxygen atoms in total. The Balaban J connectivity index is 0. The van der Waals surface area contributed by atoms with E-state index in [0.29, 0.717) is 6.54 Å². The molecular formula is C8H17ClN2O3. The van der Waals surface area contributed by atoms with Gasteiger partial charge in [0.2, 0.25) is 5.91 Å². The maximum atomic E-state index is 10.8. The van der Waals surface area contributed by atoms with Crippen LogP contribution < -0.4 is 11.1 Å². The lowest BCUT2D eigenvalue weighted by Gasteiger charge is -2.05. The van der Waals surface area contributed by atoms with Gasteiger partial charge in [0.05, 0.1) is 0 Å². The van der Waals surface area contributed by atoms with E-state index < -0.39 is 18.3 Å². The second-order valence-electron chi connectivity index (χ2n) is 3.04. The largest absolute Gasteiger partial charge is 0.481 e. The molecule has 6 heteroatoms. The van der Waals surface area contributed by atoms with Gasteiger partial charge in [-0.2, -0.15) is 0 Å². The van der Waals surface area contributed by atoms with Gasteiger partial charge < -0.3 is 16.2 Å². The van der Waals surface area contributed by atoms with Crippen molar-refractivity contribution < 1.29 is 14.7 Å². The highest BCUT2D eigenvalue weighted by Gasteiger charge is 2.05. The zero-order valence-electron chi connectivity index (χ0n) is 8.16. The summed E-state index contributed by atoms with van der Waals surface area (Å²) in [7, 11) is 0. The first-order valence-electron chi connectivity index (χ1n) is 4.26. The Labute approximate surface area is 89.5 Å². The molecular weight excluding hydrogens is 208 g/mol. The van der Waals surface area contributed by atoms with Gasteiger partial charge in [0, 0.05) is 12.6 Å². The Kier molecular flexibility index (Phi) is 9.81. The molecule has 1 unspecified atom stereocenters. The van der Waals surface area contributed by atoms with Crippen LogP contribution in [0.3, 0.4) is 0 Å². The number of halogens is 1. The summed E-state index contributed by atoms with van der Waals surface area (Å²) < 4.78 is 0. The molecule has 1 amide bonds. The predicted molar refractivity (Wildman–Crippen MR) is 55.4 cm³/mol. The van der Waals surface area contributed by atoms with Gasteiger partial charge in [-0.05, 0) is 19.8 Å². The van der Waals surface area contributed by atoms with Crippen molar-refractivity contribution in [2.24, 2.45) is 5.73 Å². The third-order valence-electron chi connectivity index (χ3n) is 1.47. The Morgan fingerprint density at radius 1 is 1.50 bits per heavy atom. The number of carboxylic acids is 1. The van der Waals surface area contributed by atoms with Gasteiger partial charge in [-0.3, -0.25) is 9.59 Å². The topological polar surface area (TPSA) is 92.4 Å². The standard InChI is InChI=1S/C8H16N2O3.ClH/c1-6(9)3-2-4-10-7(11)5-8(12)13;/h6H,2-5,9H2,1H3,(H,10,11)(H,12,13);1H. The van der Waals surface area contributed by atoms with Gasteiger partial charge >= 0.3 is 5.97 Å². The molecule has 0 aliphatic rings. The number of aliphatic carboxylic acids is 1. The quantitative estimate of drug-likeness (QED) is 0.442. The summed E-state index contributed by atoms with van der Waals surface area (Å²) in [6.07, 6.45) is 1.15. The fourth-order valence-corrected chi connectivity index (χ4v) is 0.852. The van der Waals surface area contributed by atoms with Gasteiger partial charge in [-0.25, -0.2) is 0 Å². The minimum atomic E-state index is -1.11. The number of carboxylic acid groups (broad SMARTS) is 1. The summed E-state index contributed by atoms with van der Waals surface area (Å²) in [4.78, 5) is 20.8. The fraction of sp³-hybridized carbons (Fsp3) is 0.750. The van der Waals surface area contributed by atoms with E-state index in [1.165, 1.54) is 0 Å². The van der Waals surface area contributed by atoms with Crippen molar-refractivity contribution in [3.8, 4) is 0 Å². The number of nitrogens with one attached hydrogen (secondary N) is 1. The Bertz CT molecular complexity index is 185. The summed E-state index contributed by atoms with van der Waals surface area (Å²) in [6.45, 7) is 2.38. The zero-order valence-corrected chi connectivity index (χ0v) is 8.97. The molecule has 84 valence electrons. The van der Waals surface area contributed by atoms with Crippen molar-refractivity contribution in [1.82, 2.24) is 5.32 Å². The molecule has 0 bridgehead atoms. The lowest BCUT2D eigenvalue weighted by Crippen LogP contribution is -2.27. The molecule has 0 aromatic carbocycles. The normalized spacial score (nSPS) is 11.3. The van der Waals surface area contributed by atoms with Crippen LogP contribution >= 0.6 is 12.4 Å². The SMILES string of the molecule is CC(N)CCCNC(=O)CC(=O)O.Cl. The minimum absolute atomic E-state index is 0. The van der Waals surface area contributed by atoms with Crippen LogP contribution in [0, 0.1) is 0 Å². The Morgan fingerprint density at radius 2 is 2.07 bits per heavy atom. The number of hydrogen-bond donors (Lipinski definition) is 3. The average Bonchev–Trinajstić information content (AvgIpc) is 1.96. The van der Waals surface area contributed by atoms with E-state index in [1.54, 1.807) is 0 Å². The first-order valence-corrected chi connectivity index (χ1v) is 4.26. The highest BCUT2D eigenvalue weighted by atomic mass is 35.5. The number of rotatable bonds is 6. The molecule has 0 aromatic heterocycles. The Hall–Kier alpha value is -0.810. The number of carbonyl (C=O) groups excluding carboxylic acids is 1. The lowest BCUT2D eigenvalue weighted by atomic mass is 10.2. The van der Waals surface area contributed by atoms with Crippen LogP contribution in [0.4, 0.5) is 0 Å². The molecule has 0 radical (unpaired) electrons. The van der Waals surface area contributed by atoms with Crippen LogP contribution in [0.15, 0.2) is 0 Å². The highest BCUT2D eigenvalue weighted by Crippen LogP contribution is 1.91. The van der Waals surface area contributed by atoms with E-state index in [9.17, 15) is 9.59 Å². The molecule has 0 fully saturated rings. The molecule has 0 aromatic rings. The molecule has 0 heterocycles. The van der Waals surface area contributed by atoms with Gasteiger partial charge in [0.1, 0.15) is 6.42 Å². The van der Waals surface area contributed by atoms with Crippen molar-refractivity contribution in [3.05, 3.63) is 0 Å². The van der Waals surface area contributed by atoms with Gasteiger partial charge in [0.15, 0.2) is 0 Å². The van der Waals surface area contributed by atoms with E-state index in [-0.39, 0.29) is 18.4 Å². The van der Waals surface area contributed by atoms with Crippen LogP contribution in [0.1, 0.15) is 26.2 Å². The summed E-state index contributed by atoms with van der Waals surface area (Å²) in [5.41, 5.74) is 5.48. The van der Waals surface area contributed by atoms with E-state index in [4.69, 9.17) is 10.8 Å². The van der Waals surface area contributed by atoms with E-state index >= 15 is 0 Å².